The molecular weight excluding hydrogens is 873 g/mol. The number of benzene rings is 6. The standard InChI is InChI=1S/C28H23N3O4.C26H21N3O4.CH4/c1-14-33-13-28(34-14)11-20-30-18-9-5-3-7-15(18)22-23-17(12-29-26(23)32)21-16-8-4-6-10-19(16)31(25(21)24(22)30)27(28,2)35-20;1-25-26(32,12-30)10-18(33-25)28-16-8-4-2-6-13(16)20-21-15(11-27-24(21)31)19-14-7-3-5-9-17(14)29(25)23(19)22(20)28;/h3-10,14,20H,11-13H2,1-2H3,(H,29,32);2-9,18,30,32H,10-12H2,1H3,(H,27,31);1H4/t14?,20-,27+,28+;18-,25+,26+;/m11./s1. The number of nitrogens with zero attached hydrogens (tertiary/aromatic N) is 4. The molecule has 3 fully saturated rings. The van der Waals surface area contributed by atoms with Gasteiger partial charge in [-0.3, -0.25) is 9.59 Å². The van der Waals surface area contributed by atoms with E-state index in [0.29, 0.717) is 26.1 Å². The van der Waals surface area contributed by atoms with Gasteiger partial charge in [0.1, 0.15) is 23.7 Å². The van der Waals surface area contributed by atoms with E-state index in [1.807, 2.05) is 62.4 Å². The maximum Gasteiger partial charge on any atom is 0.252 e. The van der Waals surface area contributed by atoms with E-state index >= 15 is 0 Å². The van der Waals surface area contributed by atoms with E-state index in [-0.39, 0.29) is 38.2 Å². The summed E-state index contributed by atoms with van der Waals surface area (Å²) < 4.78 is 35.3. The molecule has 1 unspecified atom stereocenters. The highest BCUT2D eigenvalue weighted by atomic mass is 16.7. The predicted molar refractivity (Wildman–Crippen MR) is 262 cm³/mol. The van der Waals surface area contributed by atoms with Crippen LogP contribution in [0, 0.1) is 0 Å². The highest BCUT2D eigenvalue weighted by Crippen LogP contribution is 2.61. The van der Waals surface area contributed by atoms with E-state index in [4.69, 9.17) is 18.9 Å². The second kappa shape index (κ2) is 12.7. The number of hydrogen-bond acceptors (Lipinski definition) is 8. The van der Waals surface area contributed by atoms with E-state index < -0.39 is 35.5 Å². The first-order valence-electron chi connectivity index (χ1n) is 23.6. The summed E-state index contributed by atoms with van der Waals surface area (Å²) >= 11 is 0. The molecule has 346 valence electrons. The van der Waals surface area contributed by atoms with Gasteiger partial charge >= 0.3 is 0 Å². The van der Waals surface area contributed by atoms with Crippen LogP contribution in [0.3, 0.4) is 0 Å². The molecule has 17 rings (SSSR count). The summed E-state index contributed by atoms with van der Waals surface area (Å²) in [5.41, 5.74) is 7.60. The fourth-order valence-electron chi connectivity index (χ4n) is 14.2. The quantitative estimate of drug-likeness (QED) is 0.127. The smallest absolute Gasteiger partial charge is 0.252 e. The average molecular weight is 921 g/mol. The van der Waals surface area contributed by atoms with Crippen LogP contribution in [0.1, 0.15) is 85.3 Å². The molecule has 0 radical (unpaired) electrons. The number of aliphatic hydroxyl groups excluding tert-OH is 1. The lowest BCUT2D eigenvalue weighted by molar-refractivity contribution is -0.190. The van der Waals surface area contributed by atoms with Crippen molar-refractivity contribution < 1.29 is 38.7 Å². The fourth-order valence-corrected chi connectivity index (χ4v) is 14.2. The third kappa shape index (κ3) is 4.31. The number of carbonyl (C=O) groups is 2. The van der Waals surface area contributed by atoms with Crippen molar-refractivity contribution >= 4 is 99.0 Å². The number of nitrogens with one attached hydrogen (secondary N) is 2. The molecular formula is C55H48N6O8. The number of para-hydroxylation sites is 4. The van der Waals surface area contributed by atoms with Gasteiger partial charge in [-0.05, 0) is 56.2 Å². The minimum atomic E-state index is -1.48. The topological polar surface area (TPSA) is 155 Å². The first-order chi connectivity index (χ1) is 33.0. The minimum Gasteiger partial charge on any atom is -0.393 e. The number of aromatic nitrogens is 4. The van der Waals surface area contributed by atoms with Crippen molar-refractivity contribution in [2.24, 2.45) is 0 Å². The monoisotopic (exact) mass is 920 g/mol. The van der Waals surface area contributed by atoms with Gasteiger partial charge in [0.25, 0.3) is 11.8 Å². The zero-order valence-corrected chi connectivity index (χ0v) is 37.3. The SMILES string of the molecule is C.CC1OC[C@]2(C[C@H]3O[C@]2(C)n2c4ccccc4c4c5c(c6c7ccccc7n3c6c42)C(=O)NC5)O1.C[C@]12O[C@H](C[C@]1(O)CO)n1c3ccccc3c3c4c(c5c6ccccc6n2c5c31)CNC4=O. The number of carbonyl (C=O) groups excluding carboxylic acids is 2. The number of amides is 2. The Morgan fingerprint density at radius 2 is 1.03 bits per heavy atom. The summed E-state index contributed by atoms with van der Waals surface area (Å²) in [7, 11) is 0. The van der Waals surface area contributed by atoms with Crippen molar-refractivity contribution in [2.45, 2.75) is 95.5 Å². The van der Waals surface area contributed by atoms with Crippen LogP contribution < -0.4 is 10.6 Å². The molecule has 0 saturated carbocycles. The highest BCUT2D eigenvalue weighted by Gasteiger charge is 2.66. The molecule has 3 saturated heterocycles. The summed E-state index contributed by atoms with van der Waals surface area (Å²) in [5, 5.41) is 36.6. The van der Waals surface area contributed by atoms with E-state index in [2.05, 4.69) is 84.4 Å². The van der Waals surface area contributed by atoms with Crippen LogP contribution >= 0.6 is 0 Å². The maximum absolute atomic E-state index is 13.3. The molecule has 14 heteroatoms. The van der Waals surface area contributed by atoms with E-state index in [1.54, 1.807) is 0 Å². The molecule has 11 heterocycles. The van der Waals surface area contributed by atoms with E-state index in [1.165, 1.54) is 0 Å². The third-order valence-electron chi connectivity index (χ3n) is 17.1. The second-order valence-corrected chi connectivity index (χ2v) is 20.1. The van der Waals surface area contributed by atoms with Gasteiger partial charge in [-0.1, -0.05) is 80.2 Å². The predicted octanol–water partition coefficient (Wildman–Crippen LogP) is 8.99. The summed E-state index contributed by atoms with van der Waals surface area (Å²) in [6, 6.07) is 32.9. The van der Waals surface area contributed by atoms with Crippen LogP contribution in [0.25, 0.3) is 87.2 Å². The summed E-state index contributed by atoms with van der Waals surface area (Å²) in [4.78, 5) is 26.5. The van der Waals surface area contributed by atoms with Crippen molar-refractivity contribution in [3.63, 3.8) is 0 Å². The Labute approximate surface area is 393 Å². The van der Waals surface area contributed by atoms with Gasteiger partial charge in [-0.15, -0.1) is 0 Å². The van der Waals surface area contributed by atoms with Gasteiger partial charge in [0, 0.05) is 69.0 Å². The first kappa shape index (κ1) is 40.1. The van der Waals surface area contributed by atoms with Gasteiger partial charge in [-0.2, -0.15) is 0 Å². The molecule has 4 aromatic heterocycles. The molecule has 7 aliphatic rings. The number of rotatable bonds is 1. The molecule has 2 amide bonds. The molecule has 4 bridgehead atoms. The molecule has 0 aliphatic carbocycles. The molecule has 14 nitrogen and oxygen atoms in total. The minimum absolute atomic E-state index is 0. The summed E-state index contributed by atoms with van der Waals surface area (Å²) in [6.45, 7) is 7.01. The molecule has 7 atom stereocenters. The van der Waals surface area contributed by atoms with Gasteiger partial charge in [-0.25, -0.2) is 0 Å². The normalized spacial score (nSPS) is 29.0. The number of fused-ring (bicyclic) bond motifs is 27. The van der Waals surface area contributed by atoms with Crippen LogP contribution in [-0.2, 0) is 43.5 Å². The van der Waals surface area contributed by atoms with Crippen LogP contribution in [0.4, 0.5) is 0 Å². The van der Waals surface area contributed by atoms with Crippen LogP contribution in [0.15, 0.2) is 97.1 Å². The Morgan fingerprint density at radius 3 is 1.51 bits per heavy atom. The van der Waals surface area contributed by atoms with Gasteiger partial charge < -0.3 is 58.1 Å². The Morgan fingerprint density at radius 1 is 0.594 bits per heavy atom. The number of aliphatic hydroxyl groups is 2. The number of ether oxygens (including phenoxy) is 4. The van der Waals surface area contributed by atoms with E-state index in [0.717, 1.165) is 109 Å². The highest BCUT2D eigenvalue weighted by molar-refractivity contribution is 6.32. The molecule has 6 aromatic carbocycles. The molecule has 69 heavy (non-hydrogen) atoms. The van der Waals surface area contributed by atoms with Crippen LogP contribution in [0.5, 0.6) is 0 Å². The maximum atomic E-state index is 13.3. The van der Waals surface area contributed by atoms with Crippen molar-refractivity contribution in [3.05, 3.63) is 119 Å². The third-order valence-corrected chi connectivity index (χ3v) is 17.1. The lowest BCUT2D eigenvalue weighted by Crippen LogP contribution is -2.53. The van der Waals surface area contributed by atoms with Crippen molar-refractivity contribution in [1.29, 1.82) is 0 Å². The summed E-state index contributed by atoms with van der Waals surface area (Å²) in [5.74, 6) is -0.0546. The molecule has 1 spiro atoms. The zero-order chi connectivity index (χ0) is 45.5. The fraction of sp³-hybridized carbons (Fsp3) is 0.309. The van der Waals surface area contributed by atoms with Crippen molar-refractivity contribution in [3.8, 4) is 0 Å². The Balaban J connectivity index is 0.000000123. The summed E-state index contributed by atoms with van der Waals surface area (Å²) in [6.07, 6.45) is -0.126. The van der Waals surface area contributed by atoms with Crippen molar-refractivity contribution in [1.82, 2.24) is 28.9 Å². The van der Waals surface area contributed by atoms with Gasteiger partial charge in [0.15, 0.2) is 17.7 Å². The molecule has 10 aromatic rings. The van der Waals surface area contributed by atoms with Gasteiger partial charge in [0.2, 0.25) is 0 Å². The molecule has 7 aliphatic heterocycles. The van der Waals surface area contributed by atoms with Crippen LogP contribution in [0.2, 0.25) is 0 Å². The molecule has 4 N–H and O–H groups in total. The Bertz CT molecular complexity index is 4070. The van der Waals surface area contributed by atoms with Crippen LogP contribution in [-0.4, -0.2) is 71.0 Å². The Kier molecular flexibility index (Phi) is 7.39. The van der Waals surface area contributed by atoms with Gasteiger partial charge in [0.05, 0.1) is 68.5 Å². The first-order valence-corrected chi connectivity index (χ1v) is 23.6. The van der Waals surface area contributed by atoms with E-state index in [9.17, 15) is 19.8 Å². The van der Waals surface area contributed by atoms with Crippen molar-refractivity contribution in [2.75, 3.05) is 13.2 Å². The Hall–Kier alpha value is -6.78. The lowest BCUT2D eigenvalue weighted by atomic mass is 9.89. The largest absolute Gasteiger partial charge is 0.393 e. The average Bonchev–Trinajstić information content (AvgIpc) is 4.23. The zero-order valence-electron chi connectivity index (χ0n) is 37.3. The number of hydrogen-bond donors (Lipinski definition) is 4. The second-order valence-electron chi connectivity index (χ2n) is 20.1. The lowest BCUT2D eigenvalue weighted by Gasteiger charge is -2.39.